The van der Waals surface area contributed by atoms with E-state index >= 15 is 0 Å². The SMILES string of the molecule is CC1CN(c2ccc(N)cc2Cl)CCS1. The highest BCUT2D eigenvalue weighted by Gasteiger charge is 2.18. The summed E-state index contributed by atoms with van der Waals surface area (Å²) in [6.45, 7) is 4.38. The minimum Gasteiger partial charge on any atom is -0.399 e. The van der Waals surface area contributed by atoms with Crippen LogP contribution < -0.4 is 10.6 Å². The van der Waals surface area contributed by atoms with Crippen LogP contribution in [0.15, 0.2) is 18.2 Å². The fourth-order valence-corrected chi connectivity index (χ4v) is 3.14. The number of hydrogen-bond acceptors (Lipinski definition) is 3. The molecule has 1 unspecified atom stereocenters. The van der Waals surface area contributed by atoms with Crippen molar-refractivity contribution < 1.29 is 0 Å². The zero-order valence-corrected chi connectivity index (χ0v) is 10.3. The molecule has 1 aromatic carbocycles. The largest absolute Gasteiger partial charge is 0.399 e. The van der Waals surface area contributed by atoms with Crippen molar-refractivity contribution in [1.29, 1.82) is 0 Å². The molecule has 2 rings (SSSR count). The Labute approximate surface area is 99.8 Å². The van der Waals surface area contributed by atoms with E-state index in [1.54, 1.807) is 0 Å². The first-order chi connectivity index (χ1) is 7.16. The first-order valence-electron chi connectivity index (χ1n) is 5.08. The minimum atomic E-state index is 0.673. The van der Waals surface area contributed by atoms with Crippen LogP contribution in [0, 0.1) is 0 Å². The summed E-state index contributed by atoms with van der Waals surface area (Å²) in [5.74, 6) is 1.17. The molecule has 1 aromatic rings. The van der Waals surface area contributed by atoms with Gasteiger partial charge in [-0.3, -0.25) is 0 Å². The summed E-state index contributed by atoms with van der Waals surface area (Å²) in [4.78, 5) is 2.34. The van der Waals surface area contributed by atoms with Crippen molar-refractivity contribution in [3.8, 4) is 0 Å². The maximum Gasteiger partial charge on any atom is 0.0660 e. The predicted octanol–water partition coefficient (Wildman–Crippen LogP) is 2.86. The number of nitrogen functional groups attached to an aromatic ring is 1. The fraction of sp³-hybridized carbons (Fsp3) is 0.455. The van der Waals surface area contributed by atoms with Gasteiger partial charge in [0.1, 0.15) is 0 Å². The third kappa shape index (κ3) is 2.52. The van der Waals surface area contributed by atoms with Crippen LogP contribution in [0.2, 0.25) is 5.02 Å². The molecule has 0 amide bonds. The molecular formula is C11H15ClN2S. The maximum atomic E-state index is 6.18. The van der Waals surface area contributed by atoms with Gasteiger partial charge in [-0.15, -0.1) is 0 Å². The Kier molecular flexibility index (Phi) is 3.32. The number of rotatable bonds is 1. The molecule has 1 heterocycles. The standard InChI is InChI=1S/C11H15ClN2S/c1-8-7-14(4-5-15-8)11-3-2-9(13)6-10(11)12/h2-3,6,8H,4-5,7,13H2,1H3. The molecule has 0 spiro atoms. The first kappa shape index (κ1) is 11.0. The molecule has 2 nitrogen and oxygen atoms in total. The highest BCUT2D eigenvalue weighted by Crippen LogP contribution is 2.31. The van der Waals surface area contributed by atoms with Gasteiger partial charge in [0.15, 0.2) is 0 Å². The van der Waals surface area contributed by atoms with Crippen LogP contribution in [-0.2, 0) is 0 Å². The van der Waals surface area contributed by atoms with Gasteiger partial charge in [0.05, 0.1) is 10.7 Å². The molecule has 1 fully saturated rings. The van der Waals surface area contributed by atoms with E-state index in [0.717, 1.165) is 29.5 Å². The van der Waals surface area contributed by atoms with Gasteiger partial charge in [0.25, 0.3) is 0 Å². The Balaban J connectivity index is 2.21. The number of anilines is 2. The van der Waals surface area contributed by atoms with Gasteiger partial charge >= 0.3 is 0 Å². The molecular weight excluding hydrogens is 228 g/mol. The van der Waals surface area contributed by atoms with Gasteiger partial charge in [-0.1, -0.05) is 18.5 Å². The topological polar surface area (TPSA) is 29.3 Å². The molecule has 1 aliphatic heterocycles. The average molecular weight is 243 g/mol. The molecule has 4 heteroatoms. The summed E-state index contributed by atoms with van der Waals surface area (Å²) >= 11 is 8.20. The lowest BCUT2D eigenvalue weighted by atomic mass is 10.2. The van der Waals surface area contributed by atoms with Crippen molar-refractivity contribution in [2.75, 3.05) is 29.5 Å². The van der Waals surface area contributed by atoms with Crippen LogP contribution in [-0.4, -0.2) is 24.1 Å². The van der Waals surface area contributed by atoms with Gasteiger partial charge in [-0.25, -0.2) is 0 Å². The molecule has 0 aliphatic carbocycles. The molecule has 2 N–H and O–H groups in total. The smallest absolute Gasteiger partial charge is 0.0660 e. The molecule has 82 valence electrons. The second kappa shape index (κ2) is 4.54. The summed E-state index contributed by atoms with van der Waals surface area (Å²) in [5.41, 5.74) is 7.51. The third-order valence-corrected chi connectivity index (χ3v) is 3.99. The molecule has 0 radical (unpaired) electrons. The Morgan fingerprint density at radius 1 is 1.53 bits per heavy atom. The number of benzene rings is 1. The second-order valence-corrected chi connectivity index (χ2v) is 5.79. The van der Waals surface area contributed by atoms with Crippen molar-refractivity contribution in [3.63, 3.8) is 0 Å². The predicted molar refractivity (Wildman–Crippen MR) is 70.0 cm³/mol. The van der Waals surface area contributed by atoms with Crippen LogP contribution in [0.1, 0.15) is 6.92 Å². The summed E-state index contributed by atoms with van der Waals surface area (Å²) in [6.07, 6.45) is 0. The maximum absolute atomic E-state index is 6.18. The number of thioether (sulfide) groups is 1. The molecule has 1 saturated heterocycles. The molecule has 1 aliphatic rings. The van der Waals surface area contributed by atoms with E-state index < -0.39 is 0 Å². The van der Waals surface area contributed by atoms with Crippen LogP contribution in [0.5, 0.6) is 0 Å². The van der Waals surface area contributed by atoms with E-state index in [4.69, 9.17) is 17.3 Å². The van der Waals surface area contributed by atoms with E-state index in [9.17, 15) is 0 Å². The van der Waals surface area contributed by atoms with Gasteiger partial charge in [0.2, 0.25) is 0 Å². The van der Waals surface area contributed by atoms with Crippen LogP contribution >= 0.6 is 23.4 Å². The Morgan fingerprint density at radius 3 is 3.00 bits per heavy atom. The van der Waals surface area contributed by atoms with Crippen LogP contribution in [0.4, 0.5) is 11.4 Å². The van der Waals surface area contributed by atoms with Gasteiger partial charge in [0, 0.05) is 29.8 Å². The normalized spacial score (nSPS) is 21.7. The zero-order chi connectivity index (χ0) is 10.8. The van der Waals surface area contributed by atoms with E-state index in [0.29, 0.717) is 5.25 Å². The molecule has 0 saturated carbocycles. The summed E-state index contributed by atoms with van der Waals surface area (Å²) in [5, 5.41) is 1.43. The number of halogens is 1. The first-order valence-corrected chi connectivity index (χ1v) is 6.51. The van der Waals surface area contributed by atoms with E-state index in [-0.39, 0.29) is 0 Å². The van der Waals surface area contributed by atoms with Crippen molar-refractivity contribution in [3.05, 3.63) is 23.2 Å². The van der Waals surface area contributed by atoms with Crippen LogP contribution in [0.25, 0.3) is 0 Å². The van der Waals surface area contributed by atoms with E-state index in [2.05, 4.69) is 11.8 Å². The van der Waals surface area contributed by atoms with Crippen molar-refractivity contribution in [2.24, 2.45) is 0 Å². The molecule has 1 atom stereocenters. The van der Waals surface area contributed by atoms with E-state index in [1.165, 1.54) is 5.75 Å². The summed E-state index contributed by atoms with van der Waals surface area (Å²) in [6, 6.07) is 5.75. The summed E-state index contributed by atoms with van der Waals surface area (Å²) < 4.78 is 0. The second-order valence-electron chi connectivity index (χ2n) is 3.84. The lowest BCUT2D eigenvalue weighted by Crippen LogP contribution is -2.36. The van der Waals surface area contributed by atoms with Crippen molar-refractivity contribution >= 4 is 34.7 Å². The minimum absolute atomic E-state index is 0.673. The van der Waals surface area contributed by atoms with Gasteiger partial charge in [-0.05, 0) is 18.2 Å². The van der Waals surface area contributed by atoms with Gasteiger partial charge < -0.3 is 10.6 Å². The number of nitrogens with two attached hydrogens (primary N) is 1. The lowest BCUT2D eigenvalue weighted by Gasteiger charge is -2.33. The van der Waals surface area contributed by atoms with E-state index in [1.807, 2.05) is 30.0 Å². The lowest BCUT2D eigenvalue weighted by molar-refractivity contribution is 0.783. The highest BCUT2D eigenvalue weighted by molar-refractivity contribution is 8.00. The molecule has 0 bridgehead atoms. The van der Waals surface area contributed by atoms with Gasteiger partial charge in [-0.2, -0.15) is 11.8 Å². The average Bonchev–Trinajstić information content (AvgIpc) is 2.17. The Morgan fingerprint density at radius 2 is 2.33 bits per heavy atom. The Hall–Kier alpha value is -0.540. The van der Waals surface area contributed by atoms with Crippen molar-refractivity contribution in [1.82, 2.24) is 0 Å². The van der Waals surface area contributed by atoms with Crippen LogP contribution in [0.3, 0.4) is 0 Å². The zero-order valence-electron chi connectivity index (χ0n) is 8.74. The number of nitrogens with zero attached hydrogens (tertiary/aromatic N) is 1. The van der Waals surface area contributed by atoms with Crippen molar-refractivity contribution in [2.45, 2.75) is 12.2 Å². The molecule has 15 heavy (non-hydrogen) atoms. The Bertz CT molecular complexity index is 356. The summed E-state index contributed by atoms with van der Waals surface area (Å²) in [7, 11) is 0. The third-order valence-electron chi connectivity index (χ3n) is 2.55. The fourth-order valence-electron chi connectivity index (χ4n) is 1.82. The monoisotopic (exact) mass is 242 g/mol. The quantitative estimate of drug-likeness (QED) is 0.768. The number of hydrogen-bond donors (Lipinski definition) is 1. The highest BCUT2D eigenvalue weighted by atomic mass is 35.5. The molecule has 0 aromatic heterocycles.